The molecular weight excluding hydrogens is 190 g/mol. The summed E-state index contributed by atoms with van der Waals surface area (Å²) >= 11 is 0. The summed E-state index contributed by atoms with van der Waals surface area (Å²) in [5, 5.41) is 0. The van der Waals surface area contributed by atoms with E-state index >= 15 is 0 Å². The molecule has 0 atom stereocenters. The second-order valence-electron chi connectivity index (χ2n) is 4.60. The van der Waals surface area contributed by atoms with Gasteiger partial charge in [-0.25, -0.2) is 5.84 Å². The van der Waals surface area contributed by atoms with Crippen LogP contribution in [0.3, 0.4) is 0 Å². The van der Waals surface area contributed by atoms with Crippen LogP contribution >= 0.6 is 0 Å². The monoisotopic (exact) mass is 209 g/mol. The van der Waals surface area contributed by atoms with Crippen LogP contribution in [0.5, 0.6) is 0 Å². The Kier molecular flexibility index (Phi) is 3.19. The first-order valence-corrected chi connectivity index (χ1v) is 4.97. The summed E-state index contributed by atoms with van der Waals surface area (Å²) in [4.78, 5) is 4.49. The Morgan fingerprint density at radius 2 is 2.00 bits per heavy atom. The molecule has 0 aliphatic carbocycles. The Labute approximate surface area is 90.5 Å². The number of nitrogens with one attached hydrogen (secondary N) is 1. The molecule has 0 bridgehead atoms. The maximum absolute atomic E-state index is 5.47. The number of hydrogen-bond donors (Lipinski definition) is 2. The minimum absolute atomic E-state index is 0.167. The van der Waals surface area contributed by atoms with E-state index in [0.717, 1.165) is 17.1 Å². The molecule has 0 radical (unpaired) electrons. The number of nitrogens with zero attached hydrogens (tertiary/aromatic N) is 1. The zero-order chi connectivity index (χ0) is 11.6. The van der Waals surface area contributed by atoms with Crippen molar-refractivity contribution in [2.75, 3.05) is 0 Å². The van der Waals surface area contributed by atoms with Gasteiger partial charge in [-0.2, -0.15) is 0 Å². The van der Waals surface area contributed by atoms with Gasteiger partial charge in [0.2, 0.25) is 0 Å². The largest absolute Gasteiger partial charge is 0.466 e. The zero-order valence-corrected chi connectivity index (χ0v) is 10.0. The first-order chi connectivity index (χ1) is 6.83. The molecule has 0 fully saturated rings. The minimum Gasteiger partial charge on any atom is -0.466 e. The van der Waals surface area contributed by atoms with Gasteiger partial charge in [0.1, 0.15) is 17.4 Å². The van der Waals surface area contributed by atoms with E-state index in [4.69, 9.17) is 10.3 Å². The van der Waals surface area contributed by atoms with Crippen molar-refractivity contribution < 1.29 is 4.42 Å². The topological polar surface area (TPSA) is 63.5 Å². The first kappa shape index (κ1) is 11.8. The van der Waals surface area contributed by atoms with Crippen LogP contribution in [0.1, 0.15) is 37.9 Å². The molecule has 15 heavy (non-hydrogen) atoms. The highest BCUT2D eigenvalue weighted by molar-refractivity contribution is 5.99. The number of aryl methyl sites for hydroxylation is 2. The molecule has 0 aromatic carbocycles. The molecule has 0 aliphatic rings. The first-order valence-electron chi connectivity index (χ1n) is 4.97. The van der Waals surface area contributed by atoms with Crippen LogP contribution < -0.4 is 11.3 Å². The number of aliphatic imine (C=N–C) groups is 1. The second kappa shape index (κ2) is 4.06. The van der Waals surface area contributed by atoms with Crippen molar-refractivity contribution >= 4 is 5.84 Å². The maximum atomic E-state index is 5.47. The molecule has 0 saturated heterocycles. The summed E-state index contributed by atoms with van der Waals surface area (Å²) in [6.07, 6.45) is 0. The molecule has 0 saturated carbocycles. The highest BCUT2D eigenvalue weighted by Gasteiger charge is 2.14. The van der Waals surface area contributed by atoms with Gasteiger partial charge in [0.15, 0.2) is 0 Å². The molecule has 1 heterocycles. The predicted octanol–water partition coefficient (Wildman–Crippen LogP) is 1.90. The third-order valence-electron chi connectivity index (χ3n) is 1.88. The van der Waals surface area contributed by atoms with E-state index in [1.54, 1.807) is 0 Å². The number of hydrazine groups is 1. The van der Waals surface area contributed by atoms with Crippen LogP contribution in [0.25, 0.3) is 0 Å². The predicted molar refractivity (Wildman–Crippen MR) is 61.8 cm³/mol. The number of nitrogens with two attached hydrogens (primary N) is 1. The van der Waals surface area contributed by atoms with Crippen LogP contribution in [-0.4, -0.2) is 11.4 Å². The highest BCUT2D eigenvalue weighted by Crippen LogP contribution is 2.16. The van der Waals surface area contributed by atoms with Gasteiger partial charge in [-0.05, 0) is 40.7 Å². The zero-order valence-electron chi connectivity index (χ0n) is 10.0. The fourth-order valence-corrected chi connectivity index (χ4v) is 1.37. The number of amidine groups is 1. The molecule has 0 unspecified atom stereocenters. The van der Waals surface area contributed by atoms with Crippen molar-refractivity contribution in [2.24, 2.45) is 10.8 Å². The molecule has 0 amide bonds. The molecule has 4 heteroatoms. The van der Waals surface area contributed by atoms with Gasteiger partial charge in [0, 0.05) is 0 Å². The van der Waals surface area contributed by atoms with Gasteiger partial charge < -0.3 is 9.84 Å². The van der Waals surface area contributed by atoms with E-state index in [1.165, 1.54) is 0 Å². The van der Waals surface area contributed by atoms with Crippen molar-refractivity contribution in [3.05, 3.63) is 23.2 Å². The Morgan fingerprint density at radius 3 is 2.33 bits per heavy atom. The van der Waals surface area contributed by atoms with Crippen molar-refractivity contribution in [3.63, 3.8) is 0 Å². The fraction of sp³-hybridized carbons (Fsp3) is 0.545. The molecule has 0 spiro atoms. The lowest BCUT2D eigenvalue weighted by atomic mass is 10.1. The van der Waals surface area contributed by atoms with Crippen molar-refractivity contribution in [1.29, 1.82) is 0 Å². The summed E-state index contributed by atoms with van der Waals surface area (Å²) in [7, 11) is 0. The fourth-order valence-electron chi connectivity index (χ4n) is 1.37. The Hall–Kier alpha value is -1.29. The molecule has 3 N–H and O–H groups in total. The van der Waals surface area contributed by atoms with E-state index in [9.17, 15) is 0 Å². The molecule has 4 nitrogen and oxygen atoms in total. The second-order valence-corrected chi connectivity index (χ2v) is 4.60. The van der Waals surface area contributed by atoms with Gasteiger partial charge in [-0.1, -0.05) is 0 Å². The lowest BCUT2D eigenvalue weighted by Gasteiger charge is -2.15. The van der Waals surface area contributed by atoms with Gasteiger partial charge in [0.05, 0.1) is 11.1 Å². The van der Waals surface area contributed by atoms with E-state index in [-0.39, 0.29) is 5.54 Å². The number of hydrogen-bond acceptors (Lipinski definition) is 3. The Balaban J connectivity index is 3.13. The molecule has 1 rings (SSSR count). The van der Waals surface area contributed by atoms with Crippen LogP contribution in [0.15, 0.2) is 15.5 Å². The minimum atomic E-state index is -0.167. The van der Waals surface area contributed by atoms with E-state index in [0.29, 0.717) is 5.84 Å². The lowest BCUT2D eigenvalue weighted by Crippen LogP contribution is -2.33. The van der Waals surface area contributed by atoms with Crippen LogP contribution in [0.4, 0.5) is 0 Å². The molecular formula is C11H19N3O. The smallest absolute Gasteiger partial charge is 0.146 e. The van der Waals surface area contributed by atoms with Gasteiger partial charge in [-0.15, -0.1) is 0 Å². The third-order valence-corrected chi connectivity index (χ3v) is 1.88. The Morgan fingerprint density at radius 1 is 1.40 bits per heavy atom. The highest BCUT2D eigenvalue weighted by atomic mass is 16.3. The van der Waals surface area contributed by atoms with Crippen molar-refractivity contribution in [1.82, 2.24) is 5.43 Å². The van der Waals surface area contributed by atoms with Crippen LogP contribution in [-0.2, 0) is 0 Å². The summed E-state index contributed by atoms with van der Waals surface area (Å²) < 4.78 is 5.44. The van der Waals surface area contributed by atoms with Crippen LogP contribution in [0, 0.1) is 13.8 Å². The van der Waals surface area contributed by atoms with Crippen molar-refractivity contribution in [3.8, 4) is 0 Å². The van der Waals surface area contributed by atoms with E-state index in [2.05, 4.69) is 10.4 Å². The molecule has 0 aliphatic heterocycles. The maximum Gasteiger partial charge on any atom is 0.146 e. The molecule has 84 valence electrons. The van der Waals surface area contributed by atoms with Gasteiger partial charge in [0.25, 0.3) is 0 Å². The molecule has 1 aromatic heterocycles. The Bertz CT molecular complexity index is 372. The summed E-state index contributed by atoms with van der Waals surface area (Å²) in [5.74, 6) is 7.82. The number of rotatable bonds is 1. The quantitative estimate of drug-likeness (QED) is 0.321. The van der Waals surface area contributed by atoms with Crippen LogP contribution in [0.2, 0.25) is 0 Å². The summed E-state index contributed by atoms with van der Waals surface area (Å²) in [6.45, 7) is 9.87. The molecule has 1 aromatic rings. The summed E-state index contributed by atoms with van der Waals surface area (Å²) in [6, 6.07) is 1.93. The standard InChI is InChI=1S/C11H19N3O/c1-7-6-9(8(2)15-7)10(14-12)13-11(3,4)5/h6H,12H2,1-5H3,(H,13,14). The summed E-state index contributed by atoms with van der Waals surface area (Å²) in [5.41, 5.74) is 3.37. The normalized spacial score (nSPS) is 13.1. The van der Waals surface area contributed by atoms with E-state index in [1.807, 2.05) is 40.7 Å². The average Bonchev–Trinajstić information content (AvgIpc) is 2.39. The van der Waals surface area contributed by atoms with Crippen molar-refractivity contribution in [2.45, 2.75) is 40.2 Å². The SMILES string of the molecule is Cc1cc(C(=NC(C)(C)C)NN)c(C)o1. The van der Waals surface area contributed by atoms with E-state index < -0.39 is 0 Å². The number of furan rings is 1. The van der Waals surface area contributed by atoms with Gasteiger partial charge >= 0.3 is 0 Å². The van der Waals surface area contributed by atoms with Gasteiger partial charge in [-0.3, -0.25) is 4.99 Å². The third kappa shape index (κ3) is 3.09. The lowest BCUT2D eigenvalue weighted by molar-refractivity contribution is 0.503. The average molecular weight is 209 g/mol.